The minimum atomic E-state index is -0.483. The lowest BCUT2D eigenvalue weighted by atomic mass is 10.1. The second-order valence-corrected chi connectivity index (χ2v) is 6.58. The Balaban J connectivity index is 1.32. The first-order chi connectivity index (χ1) is 12.6. The Morgan fingerprint density at radius 1 is 1.19 bits per heavy atom. The molecule has 0 spiro atoms. The topological polar surface area (TPSA) is 87.7 Å². The minimum Gasteiger partial charge on any atom is -0.484 e. The molecule has 2 fully saturated rings. The summed E-state index contributed by atoms with van der Waals surface area (Å²) in [5.41, 5.74) is 0. The number of carbonyl (C=O) groups is 3. The Labute approximate surface area is 150 Å². The Morgan fingerprint density at radius 3 is 2.81 bits per heavy atom. The van der Waals surface area contributed by atoms with Crippen LogP contribution in [0.15, 0.2) is 42.5 Å². The predicted octanol–water partition coefficient (Wildman–Crippen LogP) is 0.434. The molecule has 2 heterocycles. The summed E-state index contributed by atoms with van der Waals surface area (Å²) in [6, 6.07) is 12.9. The summed E-state index contributed by atoms with van der Waals surface area (Å²) in [5.74, 6) is 0.0839. The molecule has 2 N–H and O–H groups in total. The van der Waals surface area contributed by atoms with Crippen LogP contribution in [0.5, 0.6) is 5.75 Å². The van der Waals surface area contributed by atoms with E-state index in [1.54, 1.807) is 0 Å². The van der Waals surface area contributed by atoms with Gasteiger partial charge in [-0.25, -0.2) is 0 Å². The minimum absolute atomic E-state index is 0.0288. The van der Waals surface area contributed by atoms with Crippen molar-refractivity contribution in [1.82, 2.24) is 15.5 Å². The number of nitrogens with one attached hydrogen (secondary N) is 2. The zero-order valence-electron chi connectivity index (χ0n) is 14.1. The summed E-state index contributed by atoms with van der Waals surface area (Å²) in [4.78, 5) is 37.4. The fourth-order valence-corrected chi connectivity index (χ4v) is 3.52. The molecule has 2 aromatic carbocycles. The molecule has 0 aliphatic carbocycles. The number of hydrogen-bond donors (Lipinski definition) is 2. The molecule has 2 aromatic rings. The number of carbonyl (C=O) groups excluding carboxylic acids is 3. The van der Waals surface area contributed by atoms with Crippen molar-refractivity contribution in [3.8, 4) is 5.75 Å². The van der Waals surface area contributed by atoms with Crippen molar-refractivity contribution in [2.24, 2.45) is 0 Å². The second-order valence-electron chi connectivity index (χ2n) is 6.58. The van der Waals surface area contributed by atoms with Crippen molar-refractivity contribution >= 4 is 28.5 Å². The molecule has 2 saturated heterocycles. The summed E-state index contributed by atoms with van der Waals surface area (Å²) in [7, 11) is 0. The number of ether oxygens (including phenoxy) is 1. The highest BCUT2D eigenvalue weighted by atomic mass is 16.5. The summed E-state index contributed by atoms with van der Waals surface area (Å²) in [6.07, 6.45) is 0.430. The Kier molecular flexibility index (Phi) is 4.20. The maximum Gasteiger partial charge on any atom is 0.258 e. The molecule has 7 heteroatoms. The first-order valence-electron chi connectivity index (χ1n) is 8.58. The van der Waals surface area contributed by atoms with Gasteiger partial charge in [0.1, 0.15) is 11.8 Å². The van der Waals surface area contributed by atoms with E-state index in [9.17, 15) is 14.4 Å². The number of amides is 3. The number of fused-ring (bicyclic) bond motifs is 2. The lowest BCUT2D eigenvalue weighted by molar-refractivity contribution is -0.143. The van der Waals surface area contributed by atoms with Crippen molar-refractivity contribution in [3.05, 3.63) is 42.5 Å². The third kappa shape index (κ3) is 3.20. The zero-order chi connectivity index (χ0) is 18.1. The normalized spacial score (nSPS) is 22.1. The molecule has 26 heavy (non-hydrogen) atoms. The van der Waals surface area contributed by atoms with E-state index in [-0.39, 0.29) is 36.9 Å². The number of benzene rings is 2. The first kappa shape index (κ1) is 16.4. The smallest absolute Gasteiger partial charge is 0.258 e. The molecule has 3 amide bonds. The highest BCUT2D eigenvalue weighted by molar-refractivity contribution is 5.95. The molecule has 0 aromatic heterocycles. The quantitative estimate of drug-likeness (QED) is 0.835. The van der Waals surface area contributed by atoms with Crippen molar-refractivity contribution in [2.75, 3.05) is 19.7 Å². The van der Waals surface area contributed by atoms with Gasteiger partial charge in [0.2, 0.25) is 11.8 Å². The SMILES string of the molecule is O=C(COc1ccc2ccccc2c1)N[C@@H]1C[C@H]2C(=O)NCC(=O)N2C1. The van der Waals surface area contributed by atoms with Crippen molar-refractivity contribution in [3.63, 3.8) is 0 Å². The van der Waals surface area contributed by atoms with E-state index in [0.29, 0.717) is 18.7 Å². The fourth-order valence-electron chi connectivity index (χ4n) is 3.52. The van der Waals surface area contributed by atoms with Crippen LogP contribution in [-0.4, -0.2) is 54.4 Å². The number of nitrogens with zero attached hydrogens (tertiary/aromatic N) is 1. The molecule has 0 radical (unpaired) electrons. The van der Waals surface area contributed by atoms with Crippen LogP contribution in [0.3, 0.4) is 0 Å². The fraction of sp³-hybridized carbons (Fsp3) is 0.316. The first-order valence-corrected chi connectivity index (χ1v) is 8.58. The van der Waals surface area contributed by atoms with Crippen LogP contribution in [0.1, 0.15) is 6.42 Å². The highest BCUT2D eigenvalue weighted by Gasteiger charge is 2.42. The second kappa shape index (κ2) is 6.67. The number of rotatable bonds is 4. The average Bonchev–Trinajstić information content (AvgIpc) is 3.08. The highest BCUT2D eigenvalue weighted by Crippen LogP contribution is 2.22. The van der Waals surface area contributed by atoms with Gasteiger partial charge in [-0.3, -0.25) is 14.4 Å². The van der Waals surface area contributed by atoms with E-state index in [4.69, 9.17) is 4.74 Å². The van der Waals surface area contributed by atoms with Gasteiger partial charge in [-0.15, -0.1) is 0 Å². The largest absolute Gasteiger partial charge is 0.484 e. The molecular weight excluding hydrogens is 334 g/mol. The van der Waals surface area contributed by atoms with E-state index in [1.165, 1.54) is 4.90 Å². The van der Waals surface area contributed by atoms with Crippen LogP contribution >= 0.6 is 0 Å². The van der Waals surface area contributed by atoms with Gasteiger partial charge in [-0.2, -0.15) is 0 Å². The molecular formula is C19H19N3O4. The Morgan fingerprint density at radius 2 is 2.00 bits per heavy atom. The monoisotopic (exact) mass is 353 g/mol. The summed E-state index contributed by atoms with van der Waals surface area (Å²) in [6.45, 7) is 0.277. The van der Waals surface area contributed by atoms with E-state index in [2.05, 4.69) is 10.6 Å². The van der Waals surface area contributed by atoms with Gasteiger partial charge < -0.3 is 20.3 Å². The third-order valence-electron chi connectivity index (χ3n) is 4.79. The number of piperazine rings is 1. The molecule has 4 rings (SSSR count). The summed E-state index contributed by atoms with van der Waals surface area (Å²) >= 11 is 0. The molecule has 134 valence electrons. The van der Waals surface area contributed by atoms with Crippen LogP contribution in [-0.2, 0) is 14.4 Å². The maximum absolute atomic E-state index is 12.2. The third-order valence-corrected chi connectivity index (χ3v) is 4.79. The van der Waals surface area contributed by atoms with Crippen molar-refractivity contribution in [2.45, 2.75) is 18.5 Å². The standard InChI is InChI=1S/C19H19N3O4/c23-17(11-26-15-6-5-12-3-1-2-4-13(12)7-15)21-14-8-16-19(25)20-9-18(24)22(16)10-14/h1-7,14,16H,8-11H2,(H,20,25)(H,21,23)/t14-,16+/m1/s1. The summed E-state index contributed by atoms with van der Waals surface area (Å²) in [5, 5.41) is 7.57. The van der Waals surface area contributed by atoms with Gasteiger partial charge in [0.05, 0.1) is 6.54 Å². The van der Waals surface area contributed by atoms with Crippen LogP contribution in [0.25, 0.3) is 10.8 Å². The van der Waals surface area contributed by atoms with Crippen LogP contribution in [0, 0.1) is 0 Å². The van der Waals surface area contributed by atoms with Gasteiger partial charge in [-0.05, 0) is 29.3 Å². The molecule has 2 atom stereocenters. The van der Waals surface area contributed by atoms with Crippen LogP contribution in [0.4, 0.5) is 0 Å². The maximum atomic E-state index is 12.2. The molecule has 0 saturated carbocycles. The van der Waals surface area contributed by atoms with E-state index in [1.807, 2.05) is 42.5 Å². The van der Waals surface area contributed by atoms with Gasteiger partial charge in [0.25, 0.3) is 5.91 Å². The summed E-state index contributed by atoms with van der Waals surface area (Å²) < 4.78 is 5.58. The van der Waals surface area contributed by atoms with Gasteiger partial charge in [-0.1, -0.05) is 30.3 Å². The van der Waals surface area contributed by atoms with E-state index < -0.39 is 6.04 Å². The molecule has 2 aliphatic rings. The molecule has 0 bridgehead atoms. The van der Waals surface area contributed by atoms with Gasteiger partial charge in [0.15, 0.2) is 6.61 Å². The average molecular weight is 353 g/mol. The molecule has 0 unspecified atom stereocenters. The molecule has 7 nitrogen and oxygen atoms in total. The lowest BCUT2D eigenvalue weighted by Crippen LogP contribution is -2.55. The molecule has 2 aliphatic heterocycles. The van der Waals surface area contributed by atoms with Crippen molar-refractivity contribution < 1.29 is 19.1 Å². The van der Waals surface area contributed by atoms with Crippen LogP contribution in [0.2, 0.25) is 0 Å². The van der Waals surface area contributed by atoms with Gasteiger partial charge >= 0.3 is 0 Å². The number of hydrogen-bond acceptors (Lipinski definition) is 4. The lowest BCUT2D eigenvalue weighted by Gasteiger charge is -2.28. The van der Waals surface area contributed by atoms with E-state index in [0.717, 1.165) is 10.8 Å². The van der Waals surface area contributed by atoms with Crippen molar-refractivity contribution in [1.29, 1.82) is 0 Å². The van der Waals surface area contributed by atoms with E-state index >= 15 is 0 Å². The predicted molar refractivity (Wildman–Crippen MR) is 94.5 cm³/mol. The van der Waals surface area contributed by atoms with Crippen LogP contribution < -0.4 is 15.4 Å². The van der Waals surface area contributed by atoms with Gasteiger partial charge in [0, 0.05) is 12.6 Å². The Hall–Kier alpha value is -3.09. The zero-order valence-corrected chi connectivity index (χ0v) is 14.1. The Bertz CT molecular complexity index is 858.